The van der Waals surface area contributed by atoms with Crippen molar-refractivity contribution in [2.24, 2.45) is 0 Å². The molecular weight excluding hydrogens is 1920 g/mol. The van der Waals surface area contributed by atoms with E-state index in [0.717, 1.165) is 54.6 Å². The van der Waals surface area contributed by atoms with Crippen LogP contribution in [0.2, 0.25) is 17.4 Å². The number of hydrogen-bond acceptors (Lipinski definition) is 19. The molecule has 0 aliphatic carbocycles. The molecule has 6 aromatic carbocycles. The van der Waals surface area contributed by atoms with Crippen LogP contribution in [-0.4, -0.2) is 244 Å². The van der Waals surface area contributed by atoms with E-state index in [9.17, 15) is 110 Å². The standard InChI is InChI=1S/C25H32F3N3O4S.C24H29F4N3O3S.C20H29F3N2O4S.C15H21F3N2O2S.C5H8O2.3CH3.Al.ClH/c1-18(2)31(36(33,34)21-8-6-7-19(17-21)25(26,27)28)20-11-14-30(15-12-20)16-13-24(32)29-22-9-4-5-10-23(22)35-3;1-17(2)31(35(33,34)22-5-3-4-18(16-22)24(26,27)28)21-10-13-30(14-11-21)15-12-23(32)29-20-8-6-19(25)7-9-20;1-4-29-19(26)10-13-24-11-8-17(9-12-24)25(15(2)3)30(27,28)18-7-5-6-16(14-18)20(21,22)23;1-11(2)20(13-6-8-19-9-7-13)23(21,22)14-5-3-4-12(10-14)15(16,17)18;1-3-5(6)7-4-2;;;;;/h4-10,17-18,20H,11-16H2,1-3H3,(H,29,32);3-9,16-17,21H,10-15H2,1-2H3,(H,29,32);5-7,14-15,17H,4,8-13H2,1-3H3;3-5,10-11,13,19H,6-9H2,1-2H3;3H,1,4H2,2H3;3*1H3;;1H. The Bertz CT molecular complexity index is 5220. The van der Waals surface area contributed by atoms with Gasteiger partial charge in [0.1, 0.15) is 11.6 Å². The number of anilines is 2. The van der Waals surface area contributed by atoms with Gasteiger partial charge in [-0.1, -0.05) is 43.0 Å². The van der Waals surface area contributed by atoms with E-state index in [0.29, 0.717) is 178 Å². The zero-order chi connectivity index (χ0) is 101. The molecular formula is C92H129AlClF13N10O15S4. The molecule has 4 fully saturated rings. The average Bonchev–Trinajstić information content (AvgIpc) is 0.786. The van der Waals surface area contributed by atoms with Crippen LogP contribution in [0.4, 0.5) is 68.5 Å². The van der Waals surface area contributed by atoms with Gasteiger partial charge in [0.2, 0.25) is 51.9 Å². The van der Waals surface area contributed by atoms with Gasteiger partial charge in [0, 0.05) is 92.6 Å². The fraction of sp³-hybridized carbons (Fsp3) is 0.543. The van der Waals surface area contributed by atoms with Crippen molar-refractivity contribution in [2.75, 3.05) is 103 Å². The monoisotopic (exact) mass is 2050 g/mol. The SMILES string of the molecule is C=CC(=O)OCC.CC(C)N(C1CCN(CCC(=O)Nc2ccc(F)cc2)CC1)S(=O)(=O)c1cccc(C(F)(F)F)c1.CC(C)N(C1CCNCC1)S(=O)(=O)c1cccc(C(F)(F)F)c1.CCOC(=O)CCN1CCC(N(C(C)C)S(=O)(=O)c2cccc(C(F)(F)F)c2)CC1.COc1ccccc1NC(=O)CCN1CCC(N(C(C)C)S(=O)(=O)c2cccc(C(F)(F)F)c2)CC1.Cl.[CH3][Al]([CH3])[CH3]. The van der Waals surface area contributed by atoms with Crippen molar-refractivity contribution in [3.63, 3.8) is 0 Å². The lowest BCUT2D eigenvalue weighted by molar-refractivity contribution is -0.144. The van der Waals surface area contributed by atoms with E-state index < -0.39 is 111 Å². The minimum absolute atomic E-state index is 0. The third-order valence-electron chi connectivity index (χ3n) is 21.6. The normalized spacial score (nSPS) is 15.7. The second-order valence-electron chi connectivity index (χ2n) is 34.1. The zero-order valence-corrected chi connectivity index (χ0v) is 84.3. The summed E-state index contributed by atoms with van der Waals surface area (Å²) in [6.45, 7) is 27.6. The number of benzene rings is 6. The smallest absolute Gasteiger partial charge is 0.416 e. The molecule has 4 aliphatic rings. The first kappa shape index (κ1) is 120. The fourth-order valence-corrected chi connectivity index (χ4v) is 23.3. The molecule has 0 spiro atoms. The summed E-state index contributed by atoms with van der Waals surface area (Å²) in [6, 6.07) is 25.3. The van der Waals surface area contributed by atoms with Crippen LogP contribution in [0.15, 0.2) is 178 Å². The lowest BCUT2D eigenvalue weighted by atomic mass is 10.0. The van der Waals surface area contributed by atoms with Crippen LogP contribution in [0.5, 0.6) is 5.75 Å². The summed E-state index contributed by atoms with van der Waals surface area (Å²) in [5.41, 5.74) is -2.84. The highest BCUT2D eigenvalue weighted by Gasteiger charge is 2.44. The summed E-state index contributed by atoms with van der Waals surface area (Å²) in [4.78, 5) is 51.0. The molecule has 0 saturated carbocycles. The number of nitrogens with zero attached hydrogens (tertiary/aromatic N) is 7. The molecule has 4 saturated heterocycles. The van der Waals surface area contributed by atoms with Gasteiger partial charge in [-0.05, 0) is 282 Å². The second kappa shape index (κ2) is 55.4. The number of likely N-dealkylation sites (tertiary alicyclic amines) is 3. The molecule has 4 heterocycles. The summed E-state index contributed by atoms with van der Waals surface area (Å²) in [7, 11) is -14.8. The van der Waals surface area contributed by atoms with E-state index in [1.165, 1.54) is 72.9 Å². The summed E-state index contributed by atoms with van der Waals surface area (Å²) in [5.74, 6) is 6.10. The Labute approximate surface area is 803 Å². The van der Waals surface area contributed by atoms with Crippen molar-refractivity contribution in [1.82, 2.24) is 37.2 Å². The molecule has 0 bridgehead atoms. The number of methoxy groups -OCH3 is 1. The first-order chi connectivity index (χ1) is 62.9. The number of piperidine rings is 4. The van der Waals surface area contributed by atoms with Crippen molar-refractivity contribution in [3.05, 3.63) is 186 Å². The van der Waals surface area contributed by atoms with E-state index in [1.54, 1.807) is 87.4 Å². The van der Waals surface area contributed by atoms with Crippen molar-refractivity contribution in [2.45, 2.75) is 250 Å². The average molecular weight is 2050 g/mol. The highest BCUT2D eigenvalue weighted by atomic mass is 35.5. The van der Waals surface area contributed by atoms with Gasteiger partial charge in [-0.2, -0.15) is 69.9 Å². The van der Waals surface area contributed by atoms with Crippen molar-refractivity contribution in [1.29, 1.82) is 0 Å². The number of rotatable bonds is 31. The van der Waals surface area contributed by atoms with Crippen LogP contribution in [-0.2, 0) is 93.5 Å². The number of esters is 2. The Hall–Kier alpha value is -7.87. The molecule has 44 heteroatoms. The van der Waals surface area contributed by atoms with E-state index in [-0.39, 0.29) is 119 Å². The quantitative estimate of drug-likeness (QED) is 0.0158. The molecule has 0 unspecified atom stereocenters. The lowest BCUT2D eigenvalue weighted by Crippen LogP contribution is -2.50. The molecule has 2 amide bonds. The maximum absolute atomic E-state index is 13.4. The maximum Gasteiger partial charge on any atom is 0.416 e. The zero-order valence-electron chi connectivity index (χ0n) is 79.0. The van der Waals surface area contributed by atoms with Crippen LogP contribution in [0, 0.1) is 5.82 Å². The number of carbonyl (C=O) groups is 4. The number of sulfonamides is 4. The molecule has 3 N–H and O–H groups in total. The van der Waals surface area contributed by atoms with E-state index in [2.05, 4.69) is 59.3 Å². The highest BCUT2D eigenvalue weighted by molar-refractivity contribution is 7.90. The Kier molecular flexibility index (Phi) is 49.0. The number of para-hydroxylation sites is 2. The van der Waals surface area contributed by atoms with Crippen molar-refractivity contribution >= 4 is 102 Å². The summed E-state index contributed by atoms with van der Waals surface area (Å²) < 4.78 is 295. The van der Waals surface area contributed by atoms with E-state index >= 15 is 0 Å². The Balaban J connectivity index is 0.000000367. The van der Waals surface area contributed by atoms with Crippen LogP contribution < -0.4 is 20.7 Å². The Morgan fingerprint density at radius 2 is 0.728 bits per heavy atom. The molecule has 25 nitrogen and oxygen atoms in total. The third kappa shape index (κ3) is 37.9. The van der Waals surface area contributed by atoms with E-state index in [4.69, 9.17) is 9.47 Å². The van der Waals surface area contributed by atoms with Gasteiger partial charge in [-0.15, -0.1) is 29.8 Å². The first-order valence-electron chi connectivity index (χ1n) is 44.6. The van der Waals surface area contributed by atoms with Crippen LogP contribution in [0.3, 0.4) is 0 Å². The maximum atomic E-state index is 13.4. The van der Waals surface area contributed by atoms with Gasteiger partial charge in [-0.25, -0.2) is 42.9 Å². The van der Waals surface area contributed by atoms with Crippen molar-refractivity contribution < 1.29 is 124 Å². The van der Waals surface area contributed by atoms with Crippen LogP contribution in [0.25, 0.3) is 0 Å². The number of alkyl halides is 12. The van der Waals surface area contributed by atoms with Gasteiger partial charge in [-0.3, -0.25) is 14.4 Å². The number of amides is 2. The fourth-order valence-electron chi connectivity index (χ4n) is 15.6. The summed E-state index contributed by atoms with van der Waals surface area (Å²) in [6.07, 6.45) is -12.1. The molecule has 0 aromatic heterocycles. The summed E-state index contributed by atoms with van der Waals surface area (Å²) >= 11 is -0.139. The largest absolute Gasteiger partial charge is 0.495 e. The number of hydrogen-bond donors (Lipinski definition) is 3. The molecule has 10 rings (SSSR count). The molecule has 762 valence electrons. The molecule has 0 atom stereocenters. The van der Waals surface area contributed by atoms with Crippen LogP contribution >= 0.6 is 12.4 Å². The predicted octanol–water partition coefficient (Wildman–Crippen LogP) is 18.2. The number of nitrogens with one attached hydrogen (secondary N) is 3. The molecule has 4 aliphatic heterocycles. The number of carbonyl (C=O) groups excluding carboxylic acids is 4. The number of halogens is 14. The second-order valence-corrected chi connectivity index (χ2v) is 44.9. The van der Waals surface area contributed by atoms with Gasteiger partial charge < -0.3 is 44.9 Å². The first-order valence-corrected chi connectivity index (χ1v) is 53.8. The highest BCUT2D eigenvalue weighted by Crippen LogP contribution is 2.39. The van der Waals surface area contributed by atoms with Crippen molar-refractivity contribution in [3.8, 4) is 5.75 Å². The third-order valence-corrected chi connectivity index (χ3v) is 30.1. The Morgan fingerprint density at radius 3 is 1.00 bits per heavy atom. The van der Waals surface area contributed by atoms with Crippen LogP contribution in [0.1, 0.15) is 162 Å². The number of ether oxygens (including phenoxy) is 3. The summed E-state index contributed by atoms with van der Waals surface area (Å²) in [5, 5.41) is 8.70. The minimum atomic E-state index is -4.64. The molecule has 0 radical (unpaired) electrons. The van der Waals surface area contributed by atoms with Gasteiger partial charge >= 0.3 is 36.6 Å². The van der Waals surface area contributed by atoms with Gasteiger partial charge in [0.15, 0.2) is 0 Å². The predicted molar refractivity (Wildman–Crippen MR) is 501 cm³/mol. The lowest BCUT2D eigenvalue weighted by Gasteiger charge is -2.39. The van der Waals surface area contributed by atoms with Gasteiger partial charge in [0.05, 0.1) is 74.3 Å². The van der Waals surface area contributed by atoms with E-state index in [1.807, 2.05) is 6.07 Å². The minimum Gasteiger partial charge on any atom is -0.495 e. The Morgan fingerprint density at radius 1 is 0.441 bits per heavy atom. The van der Waals surface area contributed by atoms with Gasteiger partial charge in [0.25, 0.3) is 14.1 Å². The topological polar surface area (TPSA) is 291 Å². The molecule has 136 heavy (non-hydrogen) atoms. The molecule has 6 aromatic rings.